The van der Waals surface area contributed by atoms with Crippen molar-refractivity contribution in [1.82, 2.24) is 10.9 Å². The second-order valence-electron chi connectivity index (χ2n) is 5.99. The summed E-state index contributed by atoms with van der Waals surface area (Å²) >= 11 is 0. The zero-order chi connectivity index (χ0) is 19.8. The fraction of sp³-hybridized carbons (Fsp3) is 0.250. The van der Waals surface area contributed by atoms with Gasteiger partial charge in [-0.3, -0.25) is 20.4 Å². The highest BCUT2D eigenvalue weighted by Gasteiger charge is 2.16. The number of para-hydroxylation sites is 1. The van der Waals surface area contributed by atoms with Crippen LogP contribution in [0.5, 0.6) is 5.75 Å². The number of carboxylic acid groups (broad SMARTS) is 1. The standard InChI is InChI=1S/C20H22N2O5/c1-3-13(2)14-8-6-7-11-17(14)27-12-18(23)21-22-19(24)15-9-4-5-10-16(15)20(25)26/h4-11,13H,3,12H2,1-2H3,(H,21,23)(H,22,24)(H,25,26). The number of benzene rings is 2. The first kappa shape index (κ1) is 20.0. The van der Waals surface area contributed by atoms with E-state index in [4.69, 9.17) is 9.84 Å². The van der Waals surface area contributed by atoms with Gasteiger partial charge in [-0.2, -0.15) is 0 Å². The lowest BCUT2D eigenvalue weighted by Crippen LogP contribution is -2.44. The highest BCUT2D eigenvalue weighted by atomic mass is 16.5. The van der Waals surface area contributed by atoms with E-state index in [-0.39, 0.29) is 23.7 Å². The Hall–Kier alpha value is -3.35. The Kier molecular flexibility index (Phi) is 6.93. The molecular weight excluding hydrogens is 348 g/mol. The van der Waals surface area contributed by atoms with Crippen LogP contribution in [-0.4, -0.2) is 29.5 Å². The molecule has 0 aliphatic heterocycles. The molecule has 0 aliphatic rings. The Bertz CT molecular complexity index is 835. The van der Waals surface area contributed by atoms with E-state index in [1.807, 2.05) is 18.2 Å². The van der Waals surface area contributed by atoms with Gasteiger partial charge < -0.3 is 9.84 Å². The fourth-order valence-electron chi connectivity index (χ4n) is 2.48. The second-order valence-corrected chi connectivity index (χ2v) is 5.99. The van der Waals surface area contributed by atoms with E-state index in [1.165, 1.54) is 24.3 Å². The number of ether oxygens (including phenoxy) is 1. The number of hydrogen-bond acceptors (Lipinski definition) is 4. The van der Waals surface area contributed by atoms with Crippen molar-refractivity contribution in [3.63, 3.8) is 0 Å². The molecule has 0 bridgehead atoms. The molecule has 0 aliphatic carbocycles. The van der Waals surface area contributed by atoms with Crippen molar-refractivity contribution >= 4 is 17.8 Å². The lowest BCUT2D eigenvalue weighted by Gasteiger charge is -2.15. The molecule has 0 fully saturated rings. The van der Waals surface area contributed by atoms with Gasteiger partial charge in [0.05, 0.1) is 11.1 Å². The average Bonchev–Trinajstić information content (AvgIpc) is 2.69. The summed E-state index contributed by atoms with van der Waals surface area (Å²) in [6, 6.07) is 13.2. The monoisotopic (exact) mass is 370 g/mol. The van der Waals surface area contributed by atoms with Gasteiger partial charge in [0, 0.05) is 0 Å². The van der Waals surface area contributed by atoms with E-state index in [9.17, 15) is 14.4 Å². The Balaban J connectivity index is 1.93. The molecule has 0 radical (unpaired) electrons. The number of hydrazine groups is 1. The van der Waals surface area contributed by atoms with E-state index < -0.39 is 17.8 Å². The zero-order valence-corrected chi connectivity index (χ0v) is 15.2. The lowest BCUT2D eigenvalue weighted by molar-refractivity contribution is -0.123. The lowest BCUT2D eigenvalue weighted by atomic mass is 9.98. The maximum absolute atomic E-state index is 12.1. The number of amides is 2. The molecule has 0 aromatic heterocycles. The molecule has 7 heteroatoms. The first-order valence-corrected chi connectivity index (χ1v) is 8.57. The van der Waals surface area contributed by atoms with Crippen LogP contribution in [0.25, 0.3) is 0 Å². The molecule has 1 unspecified atom stereocenters. The smallest absolute Gasteiger partial charge is 0.336 e. The van der Waals surface area contributed by atoms with Crippen molar-refractivity contribution < 1.29 is 24.2 Å². The van der Waals surface area contributed by atoms with Crippen molar-refractivity contribution in [1.29, 1.82) is 0 Å². The molecule has 2 rings (SSSR count). The summed E-state index contributed by atoms with van der Waals surface area (Å²) in [5, 5.41) is 9.11. The molecule has 7 nitrogen and oxygen atoms in total. The van der Waals surface area contributed by atoms with Gasteiger partial charge in [0.25, 0.3) is 11.8 Å². The molecule has 2 amide bonds. The zero-order valence-electron chi connectivity index (χ0n) is 15.2. The normalized spacial score (nSPS) is 11.3. The second kappa shape index (κ2) is 9.38. The summed E-state index contributed by atoms with van der Waals surface area (Å²) in [6.07, 6.45) is 0.936. The average molecular weight is 370 g/mol. The van der Waals surface area contributed by atoms with Crippen LogP contribution in [0.4, 0.5) is 0 Å². The first-order chi connectivity index (χ1) is 12.9. The van der Waals surface area contributed by atoms with Gasteiger partial charge in [0.15, 0.2) is 6.61 Å². The topological polar surface area (TPSA) is 105 Å². The predicted molar refractivity (Wildman–Crippen MR) is 99.7 cm³/mol. The summed E-state index contributed by atoms with van der Waals surface area (Å²) in [4.78, 5) is 35.2. The molecule has 2 aromatic rings. The number of rotatable bonds is 7. The molecule has 142 valence electrons. The van der Waals surface area contributed by atoms with Gasteiger partial charge in [0.2, 0.25) is 0 Å². The Morgan fingerprint density at radius 3 is 2.30 bits per heavy atom. The van der Waals surface area contributed by atoms with Crippen molar-refractivity contribution in [3.8, 4) is 5.75 Å². The van der Waals surface area contributed by atoms with Crippen molar-refractivity contribution in [3.05, 3.63) is 65.2 Å². The van der Waals surface area contributed by atoms with Crippen LogP contribution in [0.1, 0.15) is 52.5 Å². The van der Waals surface area contributed by atoms with Crippen molar-refractivity contribution in [2.45, 2.75) is 26.2 Å². The number of nitrogens with one attached hydrogen (secondary N) is 2. The molecular formula is C20H22N2O5. The Morgan fingerprint density at radius 1 is 1.00 bits per heavy atom. The van der Waals surface area contributed by atoms with Gasteiger partial charge in [-0.05, 0) is 36.1 Å². The van der Waals surface area contributed by atoms with Crippen molar-refractivity contribution in [2.24, 2.45) is 0 Å². The number of carbonyl (C=O) groups excluding carboxylic acids is 2. The number of carbonyl (C=O) groups is 3. The minimum Gasteiger partial charge on any atom is -0.483 e. The molecule has 0 saturated carbocycles. The highest BCUT2D eigenvalue weighted by molar-refractivity contribution is 6.05. The highest BCUT2D eigenvalue weighted by Crippen LogP contribution is 2.28. The maximum Gasteiger partial charge on any atom is 0.336 e. The molecule has 2 aromatic carbocycles. The minimum atomic E-state index is -1.22. The van der Waals surface area contributed by atoms with Crippen LogP contribution < -0.4 is 15.6 Å². The number of aromatic carboxylic acids is 1. The summed E-state index contributed by atoms with van der Waals surface area (Å²) < 4.78 is 5.56. The molecule has 1 atom stereocenters. The van der Waals surface area contributed by atoms with E-state index >= 15 is 0 Å². The third kappa shape index (κ3) is 5.31. The third-order valence-electron chi connectivity index (χ3n) is 4.14. The molecule has 0 spiro atoms. The Morgan fingerprint density at radius 2 is 1.63 bits per heavy atom. The SMILES string of the molecule is CCC(C)c1ccccc1OCC(=O)NNC(=O)c1ccccc1C(=O)O. The van der Waals surface area contributed by atoms with Crippen LogP contribution >= 0.6 is 0 Å². The summed E-state index contributed by atoms with van der Waals surface area (Å²) in [5.41, 5.74) is 5.23. The summed E-state index contributed by atoms with van der Waals surface area (Å²) in [6.45, 7) is 3.86. The summed E-state index contributed by atoms with van der Waals surface area (Å²) in [7, 11) is 0. The van der Waals surface area contributed by atoms with Gasteiger partial charge in [-0.15, -0.1) is 0 Å². The van der Waals surface area contributed by atoms with E-state index in [1.54, 1.807) is 6.07 Å². The van der Waals surface area contributed by atoms with E-state index in [0.29, 0.717) is 5.75 Å². The van der Waals surface area contributed by atoms with Gasteiger partial charge in [-0.1, -0.05) is 44.2 Å². The van der Waals surface area contributed by atoms with Crippen LogP contribution in [-0.2, 0) is 4.79 Å². The molecule has 27 heavy (non-hydrogen) atoms. The van der Waals surface area contributed by atoms with Crippen LogP contribution in [0.15, 0.2) is 48.5 Å². The number of carboxylic acids is 1. The summed E-state index contributed by atoms with van der Waals surface area (Å²) in [5.74, 6) is -1.60. The maximum atomic E-state index is 12.1. The molecule has 0 saturated heterocycles. The third-order valence-corrected chi connectivity index (χ3v) is 4.14. The fourth-order valence-corrected chi connectivity index (χ4v) is 2.48. The van der Waals surface area contributed by atoms with E-state index in [2.05, 4.69) is 24.7 Å². The number of hydrogen-bond donors (Lipinski definition) is 3. The van der Waals surface area contributed by atoms with Crippen LogP contribution in [0.2, 0.25) is 0 Å². The largest absolute Gasteiger partial charge is 0.483 e. The van der Waals surface area contributed by atoms with Gasteiger partial charge in [0.1, 0.15) is 5.75 Å². The first-order valence-electron chi connectivity index (χ1n) is 8.57. The van der Waals surface area contributed by atoms with Gasteiger partial charge in [-0.25, -0.2) is 4.79 Å². The minimum absolute atomic E-state index is 0.0478. The Labute approximate surface area is 157 Å². The van der Waals surface area contributed by atoms with Crippen LogP contribution in [0, 0.1) is 0 Å². The van der Waals surface area contributed by atoms with Gasteiger partial charge >= 0.3 is 5.97 Å². The molecule has 0 heterocycles. The molecule has 3 N–H and O–H groups in total. The predicted octanol–water partition coefficient (Wildman–Crippen LogP) is 2.74. The van der Waals surface area contributed by atoms with E-state index in [0.717, 1.165) is 12.0 Å². The van der Waals surface area contributed by atoms with Crippen molar-refractivity contribution in [2.75, 3.05) is 6.61 Å². The quantitative estimate of drug-likeness (QED) is 0.650. The van der Waals surface area contributed by atoms with Crippen LogP contribution in [0.3, 0.4) is 0 Å².